The van der Waals surface area contributed by atoms with E-state index in [1.54, 1.807) is 6.92 Å². The van der Waals surface area contributed by atoms with E-state index in [0.29, 0.717) is 11.3 Å². The highest BCUT2D eigenvalue weighted by molar-refractivity contribution is 5.94. The van der Waals surface area contributed by atoms with Crippen molar-refractivity contribution < 1.29 is 32.2 Å². The predicted octanol–water partition coefficient (Wildman–Crippen LogP) is 2.44. The molecule has 2 N–H and O–H groups in total. The first-order valence-electron chi connectivity index (χ1n) is 7.65. The lowest BCUT2D eigenvalue weighted by Gasteiger charge is -2.09. The number of esters is 1. The van der Waals surface area contributed by atoms with Crippen LogP contribution in [0.1, 0.15) is 13.3 Å². The molecule has 2 rings (SSSR count). The van der Waals surface area contributed by atoms with Crippen LogP contribution >= 0.6 is 0 Å². The number of carbonyl (C=O) groups excluding carboxylic acids is 2. The lowest BCUT2D eigenvalue weighted by Crippen LogP contribution is -2.31. The summed E-state index contributed by atoms with van der Waals surface area (Å²) in [4.78, 5) is 30.8. The third-order valence-electron chi connectivity index (χ3n) is 2.98. The number of anilines is 1. The third-order valence-corrected chi connectivity index (χ3v) is 2.98. The van der Waals surface area contributed by atoms with Gasteiger partial charge < -0.3 is 9.47 Å². The normalized spacial score (nSPS) is 10.8. The van der Waals surface area contributed by atoms with Gasteiger partial charge in [0, 0.05) is 5.56 Å². The molecule has 1 heterocycles. The molecule has 144 valence electrons. The van der Waals surface area contributed by atoms with Crippen LogP contribution < -0.4 is 15.6 Å². The van der Waals surface area contributed by atoms with Crippen molar-refractivity contribution in [2.75, 3.05) is 12.0 Å². The minimum absolute atomic E-state index is 0.176. The number of benzene rings is 1. The molecule has 0 bridgehead atoms. The Morgan fingerprint density at radius 3 is 2.37 bits per heavy atom. The van der Waals surface area contributed by atoms with Gasteiger partial charge in [-0.05, 0) is 31.2 Å². The molecule has 0 fully saturated rings. The molecule has 0 radical (unpaired) electrons. The molecule has 0 aliphatic heterocycles. The first-order chi connectivity index (χ1) is 12.8. The highest BCUT2D eigenvalue weighted by Crippen LogP contribution is 2.25. The van der Waals surface area contributed by atoms with Crippen molar-refractivity contribution in [3.63, 3.8) is 0 Å². The van der Waals surface area contributed by atoms with Crippen LogP contribution in [0.2, 0.25) is 0 Å². The molecule has 0 atom stereocenters. The van der Waals surface area contributed by atoms with Gasteiger partial charge in [0.05, 0.1) is 24.7 Å². The predicted molar refractivity (Wildman–Crippen MR) is 87.2 cm³/mol. The Kier molecular flexibility index (Phi) is 6.52. The Morgan fingerprint density at radius 2 is 1.81 bits per heavy atom. The standard InChI is InChI=1S/C16H15F3N4O4/c1-2-26-15(25)7-14(24)23-22-13-9-20-12(8-21-13)10-3-5-11(6-4-10)27-16(17,18)19/h3-6,8-9H,2,7H2,1H3,(H,21,22)(H,23,24). The number of rotatable bonds is 7. The van der Waals surface area contributed by atoms with Gasteiger partial charge in [-0.25, -0.2) is 4.98 Å². The van der Waals surface area contributed by atoms with Gasteiger partial charge in [0.1, 0.15) is 12.2 Å². The van der Waals surface area contributed by atoms with Crippen molar-refractivity contribution in [1.29, 1.82) is 0 Å². The number of nitrogens with zero attached hydrogens (tertiary/aromatic N) is 2. The van der Waals surface area contributed by atoms with Gasteiger partial charge in [0.25, 0.3) is 0 Å². The van der Waals surface area contributed by atoms with Gasteiger partial charge >= 0.3 is 12.3 Å². The molecule has 1 aromatic heterocycles. The Balaban J connectivity index is 1.91. The van der Waals surface area contributed by atoms with Gasteiger partial charge in [-0.3, -0.25) is 25.4 Å². The SMILES string of the molecule is CCOC(=O)CC(=O)NNc1cnc(-c2ccc(OC(F)(F)F)cc2)cn1. The highest BCUT2D eigenvalue weighted by atomic mass is 19.4. The van der Waals surface area contributed by atoms with Crippen LogP contribution in [-0.2, 0) is 14.3 Å². The molecular weight excluding hydrogens is 369 g/mol. The van der Waals surface area contributed by atoms with E-state index in [9.17, 15) is 22.8 Å². The second-order valence-corrected chi connectivity index (χ2v) is 5.01. The number of amides is 1. The van der Waals surface area contributed by atoms with E-state index in [1.807, 2.05) is 0 Å². The molecule has 0 saturated heterocycles. The summed E-state index contributed by atoms with van der Waals surface area (Å²) in [5.41, 5.74) is 5.66. The summed E-state index contributed by atoms with van der Waals surface area (Å²) >= 11 is 0. The van der Waals surface area contributed by atoms with E-state index in [4.69, 9.17) is 0 Å². The lowest BCUT2D eigenvalue weighted by atomic mass is 10.1. The Labute approximate surface area is 151 Å². The van der Waals surface area contributed by atoms with E-state index in [-0.39, 0.29) is 18.2 Å². The number of aromatic nitrogens is 2. The largest absolute Gasteiger partial charge is 0.573 e. The smallest absolute Gasteiger partial charge is 0.466 e. The molecule has 27 heavy (non-hydrogen) atoms. The molecule has 0 unspecified atom stereocenters. The van der Waals surface area contributed by atoms with Crippen LogP contribution in [0.5, 0.6) is 5.75 Å². The van der Waals surface area contributed by atoms with Crippen LogP contribution in [0.25, 0.3) is 11.3 Å². The summed E-state index contributed by atoms with van der Waals surface area (Å²) < 4.78 is 44.8. The van der Waals surface area contributed by atoms with E-state index in [1.165, 1.54) is 24.5 Å². The fraction of sp³-hybridized carbons (Fsp3) is 0.250. The zero-order valence-electron chi connectivity index (χ0n) is 14.0. The number of halogens is 3. The molecule has 0 aliphatic rings. The molecular formula is C16H15F3N4O4. The van der Waals surface area contributed by atoms with E-state index < -0.39 is 24.7 Å². The van der Waals surface area contributed by atoms with Gasteiger partial charge in [0.15, 0.2) is 5.82 Å². The van der Waals surface area contributed by atoms with Crippen molar-refractivity contribution in [1.82, 2.24) is 15.4 Å². The minimum atomic E-state index is -4.76. The van der Waals surface area contributed by atoms with Crippen molar-refractivity contribution in [2.45, 2.75) is 19.7 Å². The number of ether oxygens (including phenoxy) is 2. The molecule has 2 aromatic rings. The maximum atomic E-state index is 12.1. The van der Waals surface area contributed by atoms with Gasteiger partial charge in [0.2, 0.25) is 5.91 Å². The first kappa shape index (κ1) is 19.9. The number of alkyl halides is 3. The summed E-state index contributed by atoms with van der Waals surface area (Å²) in [5.74, 6) is -1.41. The van der Waals surface area contributed by atoms with Crippen LogP contribution in [0.15, 0.2) is 36.7 Å². The summed E-state index contributed by atoms with van der Waals surface area (Å²) in [7, 11) is 0. The zero-order valence-corrected chi connectivity index (χ0v) is 14.0. The Hall–Kier alpha value is -3.37. The topological polar surface area (TPSA) is 102 Å². The molecule has 1 aromatic carbocycles. The lowest BCUT2D eigenvalue weighted by molar-refractivity contribution is -0.274. The molecule has 8 nitrogen and oxygen atoms in total. The molecule has 0 aliphatic carbocycles. The summed E-state index contributed by atoms with van der Waals surface area (Å²) in [6, 6.07) is 5.12. The maximum absolute atomic E-state index is 12.1. The first-order valence-corrected chi connectivity index (χ1v) is 7.65. The average molecular weight is 384 g/mol. The van der Waals surface area contributed by atoms with Crippen molar-refractivity contribution in [3.05, 3.63) is 36.7 Å². The van der Waals surface area contributed by atoms with Gasteiger partial charge in [-0.15, -0.1) is 13.2 Å². The molecule has 0 spiro atoms. The zero-order chi connectivity index (χ0) is 19.9. The second-order valence-electron chi connectivity index (χ2n) is 5.01. The quantitative estimate of drug-likeness (QED) is 0.429. The van der Waals surface area contributed by atoms with E-state index in [2.05, 4.69) is 30.3 Å². The highest BCUT2D eigenvalue weighted by Gasteiger charge is 2.30. The molecule has 0 saturated carbocycles. The number of nitrogens with one attached hydrogen (secondary N) is 2. The fourth-order valence-electron chi connectivity index (χ4n) is 1.89. The number of carbonyl (C=O) groups is 2. The van der Waals surface area contributed by atoms with E-state index in [0.717, 1.165) is 12.1 Å². The average Bonchev–Trinajstić information content (AvgIpc) is 2.60. The Morgan fingerprint density at radius 1 is 1.11 bits per heavy atom. The summed E-state index contributed by atoms with van der Waals surface area (Å²) in [5, 5.41) is 0. The minimum Gasteiger partial charge on any atom is -0.466 e. The van der Waals surface area contributed by atoms with Crippen molar-refractivity contribution in [2.24, 2.45) is 0 Å². The van der Waals surface area contributed by atoms with Crippen molar-refractivity contribution >= 4 is 17.7 Å². The van der Waals surface area contributed by atoms with Gasteiger partial charge in [-0.1, -0.05) is 0 Å². The number of hydrogen-bond acceptors (Lipinski definition) is 7. The summed E-state index contributed by atoms with van der Waals surface area (Å²) in [6.07, 6.45) is -2.54. The van der Waals surface area contributed by atoms with E-state index >= 15 is 0 Å². The molecule has 1 amide bonds. The van der Waals surface area contributed by atoms with Crippen LogP contribution in [0.4, 0.5) is 19.0 Å². The van der Waals surface area contributed by atoms with Gasteiger partial charge in [-0.2, -0.15) is 0 Å². The van der Waals surface area contributed by atoms with Crippen molar-refractivity contribution in [3.8, 4) is 17.0 Å². The number of hydrazine groups is 1. The summed E-state index contributed by atoms with van der Waals surface area (Å²) in [6.45, 7) is 1.80. The molecule has 11 heteroatoms. The van der Waals surface area contributed by atoms with Crippen LogP contribution in [-0.4, -0.2) is 34.8 Å². The fourth-order valence-corrected chi connectivity index (χ4v) is 1.89. The van der Waals surface area contributed by atoms with Crippen LogP contribution in [0, 0.1) is 0 Å². The maximum Gasteiger partial charge on any atom is 0.573 e. The second kappa shape index (κ2) is 8.83. The van der Waals surface area contributed by atoms with Crippen LogP contribution in [0.3, 0.4) is 0 Å². The monoisotopic (exact) mass is 384 g/mol. The third kappa shape index (κ3) is 6.80. The number of hydrogen-bond donors (Lipinski definition) is 2. The Bertz CT molecular complexity index is 780.